The molecule has 156 valence electrons. The summed E-state index contributed by atoms with van der Waals surface area (Å²) < 4.78 is 26.6. The fourth-order valence-electron chi connectivity index (χ4n) is 3.72. The van der Waals surface area contributed by atoms with E-state index in [1.807, 2.05) is 30.3 Å². The van der Waals surface area contributed by atoms with Gasteiger partial charge in [0.15, 0.2) is 5.82 Å². The maximum absolute atomic E-state index is 12.8. The van der Waals surface area contributed by atoms with Crippen LogP contribution in [0.4, 0.5) is 0 Å². The van der Waals surface area contributed by atoms with Crippen LogP contribution in [0.3, 0.4) is 0 Å². The van der Waals surface area contributed by atoms with E-state index in [0.29, 0.717) is 24.7 Å². The molecule has 1 amide bonds. The zero-order valence-electron chi connectivity index (χ0n) is 16.6. The van der Waals surface area contributed by atoms with Crippen molar-refractivity contribution >= 4 is 15.9 Å². The lowest BCUT2D eigenvalue weighted by molar-refractivity contribution is -0.122. The number of hydrogen-bond donors (Lipinski definition) is 1. The molecular formula is C22H24N4O3S. The van der Waals surface area contributed by atoms with Crippen LogP contribution in [-0.4, -0.2) is 28.5 Å². The smallest absolute Gasteiger partial charge is 0.284 e. The van der Waals surface area contributed by atoms with E-state index in [1.54, 1.807) is 12.1 Å². The van der Waals surface area contributed by atoms with Crippen molar-refractivity contribution in [1.29, 1.82) is 0 Å². The molecule has 0 spiro atoms. The molecule has 8 heteroatoms. The Bertz CT molecular complexity index is 1100. The van der Waals surface area contributed by atoms with Gasteiger partial charge in [0, 0.05) is 18.5 Å². The number of benzene rings is 2. The van der Waals surface area contributed by atoms with E-state index in [1.165, 1.54) is 31.3 Å². The molecule has 1 fully saturated rings. The van der Waals surface area contributed by atoms with Gasteiger partial charge in [-0.15, -0.1) is 9.19 Å². The Balaban J connectivity index is 1.40. The monoisotopic (exact) mass is 424 g/mol. The number of rotatable bonds is 7. The number of carbonyl (C=O) groups excluding carboxylic acids is 1. The van der Waals surface area contributed by atoms with Crippen LogP contribution >= 0.6 is 0 Å². The zero-order valence-corrected chi connectivity index (χ0v) is 17.4. The average Bonchev–Trinajstić information content (AvgIpc) is 3.46. The van der Waals surface area contributed by atoms with Gasteiger partial charge >= 0.3 is 0 Å². The maximum Gasteiger partial charge on any atom is 0.284 e. The van der Waals surface area contributed by atoms with E-state index in [4.69, 9.17) is 0 Å². The van der Waals surface area contributed by atoms with Crippen molar-refractivity contribution in [3.05, 3.63) is 66.5 Å². The van der Waals surface area contributed by atoms with Crippen LogP contribution in [0.2, 0.25) is 0 Å². The normalized spacial score (nSPS) is 14.7. The van der Waals surface area contributed by atoms with Gasteiger partial charge in [0.25, 0.3) is 10.0 Å². The Morgan fingerprint density at radius 2 is 1.73 bits per heavy atom. The van der Waals surface area contributed by atoms with E-state index in [0.717, 1.165) is 28.1 Å². The minimum absolute atomic E-state index is 0.0506. The summed E-state index contributed by atoms with van der Waals surface area (Å²) in [5.41, 5.74) is 1.59. The second-order valence-corrected chi connectivity index (χ2v) is 9.38. The molecule has 1 aromatic heterocycles. The summed E-state index contributed by atoms with van der Waals surface area (Å²) in [4.78, 5) is 16.3. The van der Waals surface area contributed by atoms with Crippen LogP contribution in [0, 0.1) is 5.92 Å². The lowest BCUT2D eigenvalue weighted by Crippen LogP contribution is -2.24. The number of amides is 1. The molecule has 1 heterocycles. The van der Waals surface area contributed by atoms with Crippen LogP contribution in [-0.2, 0) is 21.4 Å². The number of hydrogen-bond acceptors (Lipinski definition) is 5. The zero-order chi connectivity index (χ0) is 21.0. The van der Waals surface area contributed by atoms with Gasteiger partial charge in [0.05, 0.1) is 4.90 Å². The van der Waals surface area contributed by atoms with Gasteiger partial charge < -0.3 is 5.32 Å². The van der Waals surface area contributed by atoms with Crippen LogP contribution in [0.25, 0.3) is 11.4 Å². The average molecular weight is 425 g/mol. The quantitative estimate of drug-likeness (QED) is 0.627. The molecule has 0 atom stereocenters. The highest BCUT2D eigenvalue weighted by Gasteiger charge is 2.20. The minimum Gasteiger partial charge on any atom is -0.352 e. The number of carbonyl (C=O) groups is 1. The van der Waals surface area contributed by atoms with Crippen LogP contribution < -0.4 is 5.32 Å². The SMILES string of the molecule is O=C(CC1CCCC1)NCc1ccc(S(=O)(=O)n2cnc(-c3ccccc3)n2)cc1. The number of nitrogens with zero attached hydrogens (tertiary/aromatic N) is 3. The molecule has 2 aromatic carbocycles. The Kier molecular flexibility index (Phi) is 5.94. The van der Waals surface area contributed by atoms with Crippen LogP contribution in [0.1, 0.15) is 37.7 Å². The first-order chi connectivity index (χ1) is 14.5. The highest BCUT2D eigenvalue weighted by molar-refractivity contribution is 7.89. The summed E-state index contributed by atoms with van der Waals surface area (Å²) in [5.74, 6) is 0.899. The fraction of sp³-hybridized carbons (Fsp3) is 0.318. The predicted octanol–water partition coefficient (Wildman–Crippen LogP) is 3.38. The Morgan fingerprint density at radius 1 is 1.03 bits per heavy atom. The van der Waals surface area contributed by atoms with Crippen molar-refractivity contribution < 1.29 is 13.2 Å². The van der Waals surface area contributed by atoms with Gasteiger partial charge in [0.1, 0.15) is 6.33 Å². The first-order valence-electron chi connectivity index (χ1n) is 10.1. The first kappa shape index (κ1) is 20.3. The third-order valence-electron chi connectivity index (χ3n) is 5.41. The molecular weight excluding hydrogens is 400 g/mol. The number of nitrogens with one attached hydrogen (secondary N) is 1. The lowest BCUT2D eigenvalue weighted by Gasteiger charge is -2.10. The molecule has 0 radical (unpaired) electrons. The van der Waals surface area contributed by atoms with Gasteiger partial charge in [-0.25, -0.2) is 4.98 Å². The Hall–Kier alpha value is -3.00. The molecule has 30 heavy (non-hydrogen) atoms. The molecule has 0 aliphatic heterocycles. The summed E-state index contributed by atoms with van der Waals surface area (Å²) in [5, 5.41) is 7.04. The van der Waals surface area contributed by atoms with Crippen molar-refractivity contribution in [3.63, 3.8) is 0 Å². The highest BCUT2D eigenvalue weighted by Crippen LogP contribution is 2.27. The van der Waals surface area contributed by atoms with E-state index in [2.05, 4.69) is 15.4 Å². The van der Waals surface area contributed by atoms with E-state index < -0.39 is 10.0 Å². The minimum atomic E-state index is -3.83. The van der Waals surface area contributed by atoms with Gasteiger partial charge in [0.2, 0.25) is 5.91 Å². The fourth-order valence-corrected chi connectivity index (χ4v) is 4.77. The second kappa shape index (κ2) is 8.79. The third-order valence-corrected chi connectivity index (χ3v) is 6.95. The van der Waals surface area contributed by atoms with Crippen molar-refractivity contribution in [2.75, 3.05) is 0 Å². The summed E-state index contributed by atoms with van der Waals surface area (Å²) in [6.07, 6.45) is 6.47. The summed E-state index contributed by atoms with van der Waals surface area (Å²) in [7, 11) is -3.83. The molecule has 1 N–H and O–H groups in total. The van der Waals surface area contributed by atoms with Crippen molar-refractivity contribution in [2.45, 2.75) is 43.5 Å². The molecule has 0 bridgehead atoms. The summed E-state index contributed by atoms with van der Waals surface area (Å²) in [6.45, 7) is 0.382. The summed E-state index contributed by atoms with van der Waals surface area (Å²) >= 11 is 0. The van der Waals surface area contributed by atoms with Crippen LogP contribution in [0.15, 0.2) is 65.8 Å². The molecule has 4 rings (SSSR count). The van der Waals surface area contributed by atoms with Gasteiger partial charge in [-0.3, -0.25) is 4.79 Å². The molecule has 1 aliphatic carbocycles. The summed E-state index contributed by atoms with van der Waals surface area (Å²) in [6, 6.07) is 15.7. The van der Waals surface area contributed by atoms with Gasteiger partial charge in [-0.1, -0.05) is 55.3 Å². The van der Waals surface area contributed by atoms with E-state index in [-0.39, 0.29) is 10.8 Å². The second-order valence-electron chi connectivity index (χ2n) is 7.59. The molecule has 3 aromatic rings. The van der Waals surface area contributed by atoms with E-state index in [9.17, 15) is 13.2 Å². The van der Waals surface area contributed by atoms with E-state index >= 15 is 0 Å². The van der Waals surface area contributed by atoms with Gasteiger partial charge in [-0.2, -0.15) is 8.42 Å². The lowest BCUT2D eigenvalue weighted by atomic mass is 10.0. The molecule has 1 saturated carbocycles. The van der Waals surface area contributed by atoms with Crippen molar-refractivity contribution in [2.24, 2.45) is 5.92 Å². The largest absolute Gasteiger partial charge is 0.352 e. The van der Waals surface area contributed by atoms with Gasteiger partial charge in [-0.05, 0) is 36.5 Å². The maximum atomic E-state index is 12.8. The highest BCUT2D eigenvalue weighted by atomic mass is 32.2. The topological polar surface area (TPSA) is 94.0 Å². The van der Waals surface area contributed by atoms with Crippen molar-refractivity contribution in [3.8, 4) is 11.4 Å². The Morgan fingerprint density at radius 3 is 2.43 bits per heavy atom. The predicted molar refractivity (Wildman–Crippen MR) is 113 cm³/mol. The Labute approximate surface area is 176 Å². The first-order valence-corrected chi connectivity index (χ1v) is 11.5. The molecule has 0 saturated heterocycles. The molecule has 1 aliphatic rings. The third kappa shape index (κ3) is 4.59. The van der Waals surface area contributed by atoms with Crippen molar-refractivity contribution in [1.82, 2.24) is 19.5 Å². The van der Waals surface area contributed by atoms with Crippen LogP contribution in [0.5, 0.6) is 0 Å². The number of aromatic nitrogens is 3. The molecule has 0 unspecified atom stereocenters. The molecule has 7 nitrogen and oxygen atoms in total. The standard InChI is InChI=1S/C22H24N4O3S/c27-21(14-17-6-4-5-7-17)23-15-18-10-12-20(13-11-18)30(28,29)26-16-24-22(25-26)19-8-2-1-3-9-19/h1-3,8-13,16-17H,4-7,14-15H2,(H,23,27).